The molecule has 164 valence electrons. The Balaban J connectivity index is 1.79. The lowest BCUT2D eigenvalue weighted by molar-refractivity contribution is -0.116. The Hall–Kier alpha value is -3.10. The molecule has 0 saturated carbocycles. The average molecular weight is 466 g/mol. The van der Waals surface area contributed by atoms with E-state index in [4.69, 9.17) is 37.4 Å². The van der Waals surface area contributed by atoms with E-state index in [0.717, 1.165) is 0 Å². The maximum atomic E-state index is 12.9. The molecule has 0 bridgehead atoms. The van der Waals surface area contributed by atoms with Crippen LogP contribution in [0, 0.1) is 0 Å². The Morgan fingerprint density at radius 1 is 1.00 bits per heavy atom. The molecule has 0 unspecified atom stereocenters. The van der Waals surface area contributed by atoms with E-state index in [1.807, 2.05) is 0 Å². The summed E-state index contributed by atoms with van der Waals surface area (Å²) in [5, 5.41) is 4.09. The number of nitrogens with zero attached hydrogens (tertiary/aromatic N) is 1. The van der Waals surface area contributed by atoms with Gasteiger partial charge in [-0.2, -0.15) is 0 Å². The third-order valence-corrected chi connectivity index (χ3v) is 5.32. The molecular weight excluding hydrogens is 445 g/mol. The summed E-state index contributed by atoms with van der Waals surface area (Å²) in [6.07, 6.45) is 0. The van der Waals surface area contributed by atoms with Crippen molar-refractivity contribution in [3.63, 3.8) is 0 Å². The topological polar surface area (TPSA) is 92.9 Å². The van der Waals surface area contributed by atoms with Crippen LogP contribution in [0.5, 0.6) is 17.2 Å². The Bertz CT molecular complexity index is 1150. The fourth-order valence-electron chi connectivity index (χ4n) is 3.13. The van der Waals surface area contributed by atoms with Gasteiger partial charge in [0.2, 0.25) is 11.7 Å². The van der Waals surface area contributed by atoms with E-state index >= 15 is 0 Å². The minimum Gasteiger partial charge on any atom is -0.493 e. The number of anilines is 1. The molecule has 0 saturated heterocycles. The number of carbonyl (C=O) groups is 2. The molecule has 1 heterocycles. The second-order valence-electron chi connectivity index (χ2n) is 6.63. The third-order valence-electron chi connectivity index (χ3n) is 4.58. The summed E-state index contributed by atoms with van der Waals surface area (Å²) in [5.41, 5.74) is 1.35. The number of methoxy groups -OCH3 is 3. The van der Waals surface area contributed by atoms with E-state index in [2.05, 4.69) is 10.3 Å². The maximum Gasteiger partial charge on any atom is 0.270 e. The monoisotopic (exact) mass is 465 g/mol. The highest BCUT2D eigenvalue weighted by molar-refractivity contribution is 6.42. The number of rotatable bonds is 7. The van der Waals surface area contributed by atoms with Crippen LogP contribution in [-0.4, -0.2) is 56.6 Å². The van der Waals surface area contributed by atoms with Crippen molar-refractivity contribution in [2.75, 3.05) is 40.2 Å². The van der Waals surface area contributed by atoms with Crippen molar-refractivity contribution < 1.29 is 23.8 Å². The van der Waals surface area contributed by atoms with Gasteiger partial charge >= 0.3 is 0 Å². The summed E-state index contributed by atoms with van der Waals surface area (Å²) in [6.45, 7) is -0.168. The molecule has 8 nitrogen and oxygen atoms in total. The van der Waals surface area contributed by atoms with Crippen LogP contribution in [0.2, 0.25) is 10.0 Å². The van der Waals surface area contributed by atoms with Crippen LogP contribution in [0.1, 0.15) is 10.5 Å². The molecule has 2 N–H and O–H groups in total. The van der Waals surface area contributed by atoms with Crippen molar-refractivity contribution in [2.24, 2.45) is 0 Å². The number of fused-ring (bicyclic) bond motifs is 1. The van der Waals surface area contributed by atoms with Crippen molar-refractivity contribution in [3.05, 3.63) is 46.1 Å². The fourth-order valence-corrected chi connectivity index (χ4v) is 3.42. The van der Waals surface area contributed by atoms with Gasteiger partial charge < -0.3 is 29.4 Å². The molecule has 1 aromatic heterocycles. The minimum atomic E-state index is -0.383. The van der Waals surface area contributed by atoms with Gasteiger partial charge in [0, 0.05) is 18.1 Å². The van der Waals surface area contributed by atoms with Crippen molar-refractivity contribution >= 4 is 51.6 Å². The fraction of sp³-hybridized carbons (Fsp3) is 0.238. The first-order valence-electron chi connectivity index (χ1n) is 9.11. The van der Waals surface area contributed by atoms with Gasteiger partial charge in [0.1, 0.15) is 5.69 Å². The molecule has 2 aromatic carbocycles. The molecule has 31 heavy (non-hydrogen) atoms. The number of hydrogen-bond acceptors (Lipinski definition) is 5. The molecule has 10 heteroatoms. The summed E-state index contributed by atoms with van der Waals surface area (Å²) in [7, 11) is 6.04. The molecule has 2 amide bonds. The van der Waals surface area contributed by atoms with Crippen molar-refractivity contribution in [1.82, 2.24) is 9.88 Å². The number of halogens is 2. The summed E-state index contributed by atoms with van der Waals surface area (Å²) in [4.78, 5) is 29.6. The minimum absolute atomic E-state index is 0.168. The molecule has 0 aliphatic rings. The molecule has 0 fully saturated rings. The van der Waals surface area contributed by atoms with Gasteiger partial charge in [-0.3, -0.25) is 9.59 Å². The summed E-state index contributed by atoms with van der Waals surface area (Å²) in [6, 6.07) is 8.14. The molecule has 3 aromatic rings. The second-order valence-corrected chi connectivity index (χ2v) is 7.45. The van der Waals surface area contributed by atoms with Gasteiger partial charge in [-0.05, 0) is 30.3 Å². The Kier molecular flexibility index (Phi) is 6.82. The zero-order valence-corrected chi connectivity index (χ0v) is 18.9. The Morgan fingerprint density at radius 3 is 2.32 bits per heavy atom. The van der Waals surface area contributed by atoms with E-state index in [1.165, 1.54) is 39.3 Å². The summed E-state index contributed by atoms with van der Waals surface area (Å²) < 4.78 is 16.2. The largest absolute Gasteiger partial charge is 0.493 e. The van der Waals surface area contributed by atoms with Crippen LogP contribution in [0.25, 0.3) is 10.9 Å². The molecule has 0 spiro atoms. The highest BCUT2D eigenvalue weighted by Crippen LogP contribution is 2.43. The molecule has 0 radical (unpaired) electrons. The van der Waals surface area contributed by atoms with E-state index in [9.17, 15) is 9.59 Å². The lowest BCUT2D eigenvalue weighted by Gasteiger charge is -2.16. The first-order valence-corrected chi connectivity index (χ1v) is 9.86. The van der Waals surface area contributed by atoms with E-state index in [0.29, 0.717) is 43.9 Å². The zero-order chi connectivity index (χ0) is 22.7. The van der Waals surface area contributed by atoms with Crippen LogP contribution in [0.4, 0.5) is 5.69 Å². The third kappa shape index (κ3) is 4.65. The SMILES string of the molecule is COc1cc2cc(C(=O)N(C)CC(=O)Nc3ccc(Cl)c(Cl)c3)[nH]c2c(OC)c1OC. The average Bonchev–Trinajstić information content (AvgIpc) is 3.17. The number of aromatic nitrogens is 1. The summed E-state index contributed by atoms with van der Waals surface area (Å²) >= 11 is 11.8. The number of ether oxygens (including phenoxy) is 3. The quantitative estimate of drug-likeness (QED) is 0.544. The number of aromatic amines is 1. The number of hydrogen-bond donors (Lipinski definition) is 2. The normalized spacial score (nSPS) is 10.6. The van der Waals surface area contributed by atoms with Gasteiger partial charge in [-0.25, -0.2) is 0 Å². The highest BCUT2D eigenvalue weighted by atomic mass is 35.5. The van der Waals surface area contributed by atoms with Gasteiger partial charge in [0.15, 0.2) is 11.5 Å². The second kappa shape index (κ2) is 9.36. The van der Waals surface area contributed by atoms with Gasteiger partial charge in [-0.15, -0.1) is 0 Å². The van der Waals surface area contributed by atoms with Crippen LogP contribution in [0.15, 0.2) is 30.3 Å². The number of likely N-dealkylation sites (N-methyl/N-ethyl adjacent to an activating group) is 1. The van der Waals surface area contributed by atoms with Gasteiger partial charge in [0.05, 0.1) is 43.4 Å². The van der Waals surface area contributed by atoms with Gasteiger partial charge in [0.25, 0.3) is 5.91 Å². The molecular formula is C21H21Cl2N3O5. The number of nitrogens with one attached hydrogen (secondary N) is 2. The molecule has 3 rings (SSSR count). The van der Waals surface area contributed by atoms with E-state index in [1.54, 1.807) is 24.3 Å². The van der Waals surface area contributed by atoms with E-state index in [-0.39, 0.29) is 24.1 Å². The standard InChI is InChI=1S/C21H21Cl2N3O5/c1-26(10-17(27)24-12-5-6-13(22)14(23)9-12)21(28)15-7-11-8-16(29-2)19(30-3)20(31-4)18(11)25-15/h5-9,25H,10H2,1-4H3,(H,24,27). The number of benzene rings is 2. The predicted molar refractivity (Wildman–Crippen MR) is 120 cm³/mol. The molecule has 0 aliphatic carbocycles. The highest BCUT2D eigenvalue weighted by Gasteiger charge is 2.22. The summed E-state index contributed by atoms with van der Waals surface area (Å²) in [5.74, 6) is 0.537. The van der Waals surface area contributed by atoms with Crippen LogP contribution >= 0.6 is 23.2 Å². The van der Waals surface area contributed by atoms with Crippen molar-refractivity contribution in [2.45, 2.75) is 0 Å². The lowest BCUT2D eigenvalue weighted by atomic mass is 10.2. The number of carbonyl (C=O) groups excluding carboxylic acids is 2. The van der Waals surface area contributed by atoms with Crippen LogP contribution in [0.3, 0.4) is 0 Å². The van der Waals surface area contributed by atoms with Crippen molar-refractivity contribution in [3.8, 4) is 17.2 Å². The lowest BCUT2D eigenvalue weighted by Crippen LogP contribution is -2.35. The first kappa shape index (κ1) is 22.6. The molecule has 0 atom stereocenters. The smallest absolute Gasteiger partial charge is 0.270 e. The van der Waals surface area contributed by atoms with Crippen LogP contribution in [-0.2, 0) is 4.79 Å². The van der Waals surface area contributed by atoms with Crippen LogP contribution < -0.4 is 19.5 Å². The molecule has 0 aliphatic heterocycles. The first-order chi connectivity index (χ1) is 14.8. The zero-order valence-electron chi connectivity index (χ0n) is 17.3. The maximum absolute atomic E-state index is 12.9. The number of H-pyrrole nitrogens is 1. The Labute approximate surface area is 189 Å². The Morgan fingerprint density at radius 2 is 1.71 bits per heavy atom. The van der Waals surface area contributed by atoms with Gasteiger partial charge in [-0.1, -0.05) is 23.2 Å². The van der Waals surface area contributed by atoms with Crippen molar-refractivity contribution in [1.29, 1.82) is 0 Å². The number of amides is 2. The predicted octanol–water partition coefficient (Wildman–Crippen LogP) is 4.21. The van der Waals surface area contributed by atoms with E-state index < -0.39 is 0 Å².